The van der Waals surface area contributed by atoms with Gasteiger partial charge in [-0.25, -0.2) is 0 Å². The summed E-state index contributed by atoms with van der Waals surface area (Å²) in [6.07, 6.45) is 0. The molecule has 0 fully saturated rings. The summed E-state index contributed by atoms with van der Waals surface area (Å²) < 4.78 is 34.6. The van der Waals surface area contributed by atoms with Crippen LogP contribution in [-0.4, -0.2) is 0 Å². The molecule has 0 aliphatic heterocycles. The molecule has 1 nitrogen and oxygen atoms in total. The lowest BCUT2D eigenvalue weighted by Gasteiger charge is -2.18. The van der Waals surface area contributed by atoms with Gasteiger partial charge in [0.15, 0.2) is 0 Å². The molecule has 0 saturated carbocycles. The Balaban J connectivity index is 1.45. The molecule has 0 aliphatic rings. The van der Waals surface area contributed by atoms with E-state index in [1.165, 1.54) is 10.8 Å². The predicted octanol–water partition coefficient (Wildman–Crippen LogP) is 11.5. The normalized spacial score (nSPS) is 12.9. The summed E-state index contributed by atoms with van der Waals surface area (Å²) in [5, 5.41) is 9.61. The number of rotatable bonds is 2. The summed E-state index contributed by atoms with van der Waals surface area (Å²) in [5.74, 6) is 0. The van der Waals surface area contributed by atoms with E-state index in [2.05, 4.69) is 66.7 Å². The Labute approximate surface area is 241 Å². The van der Waals surface area contributed by atoms with Gasteiger partial charge in [0.2, 0.25) is 0 Å². The molecule has 9 rings (SSSR count). The monoisotopic (exact) mass is 523 g/mol. The fourth-order valence-corrected chi connectivity index (χ4v) is 6.60. The van der Waals surface area contributed by atoms with Crippen molar-refractivity contribution < 1.29 is 8.53 Å². The van der Waals surface area contributed by atoms with Crippen LogP contribution in [0.4, 0.5) is 0 Å². The third kappa shape index (κ3) is 3.24. The van der Waals surface area contributed by atoms with Crippen molar-refractivity contribution in [2.24, 2.45) is 0 Å². The van der Waals surface area contributed by atoms with E-state index in [1.807, 2.05) is 60.7 Å². The molecule has 0 unspecified atom stereocenters. The maximum atomic E-state index is 9.53. The van der Waals surface area contributed by atoms with E-state index in [4.69, 9.17) is 4.42 Å². The minimum absolute atomic E-state index is 0.0337. The van der Waals surface area contributed by atoms with Crippen molar-refractivity contribution in [1.82, 2.24) is 0 Å². The first-order chi connectivity index (χ1) is 21.6. The summed E-state index contributed by atoms with van der Waals surface area (Å²) in [6, 6.07) is 43.5. The Hall–Kier alpha value is -5.40. The van der Waals surface area contributed by atoms with E-state index in [1.54, 1.807) is 0 Å². The average Bonchev–Trinajstić information content (AvgIpc) is 3.48. The molecule has 1 heteroatoms. The molecule has 9 aromatic rings. The minimum atomic E-state index is 0.0337. The molecule has 0 radical (unpaired) electrons. The molecule has 1 heterocycles. The maximum absolute atomic E-state index is 9.53. The molecule has 0 amide bonds. The first-order valence-corrected chi connectivity index (χ1v) is 13.9. The van der Waals surface area contributed by atoms with Crippen molar-refractivity contribution in [3.63, 3.8) is 0 Å². The highest BCUT2D eigenvalue weighted by Gasteiger charge is 2.19. The Bertz CT molecular complexity index is 2590. The molecule has 0 atom stereocenters. The lowest BCUT2D eigenvalue weighted by molar-refractivity contribution is 0.669. The average molecular weight is 524 g/mol. The highest BCUT2D eigenvalue weighted by atomic mass is 16.3. The van der Waals surface area contributed by atoms with Crippen molar-refractivity contribution in [1.29, 1.82) is 0 Å². The predicted molar refractivity (Wildman–Crippen MR) is 175 cm³/mol. The van der Waals surface area contributed by atoms with Gasteiger partial charge in [0.05, 0.1) is 4.11 Å². The Morgan fingerprint density at radius 1 is 0.415 bits per heavy atom. The summed E-state index contributed by atoms with van der Waals surface area (Å²) in [4.78, 5) is 0. The van der Waals surface area contributed by atoms with Crippen molar-refractivity contribution in [2.75, 3.05) is 0 Å². The van der Waals surface area contributed by atoms with Gasteiger partial charge in [-0.1, -0.05) is 127 Å². The van der Waals surface area contributed by atoms with Gasteiger partial charge in [0.25, 0.3) is 0 Å². The van der Waals surface area contributed by atoms with E-state index >= 15 is 0 Å². The van der Waals surface area contributed by atoms with E-state index < -0.39 is 0 Å². The highest BCUT2D eigenvalue weighted by molar-refractivity contribution is 6.24. The standard InChI is InChI=1S/C40H24O/c1-3-13-28-25(10-1)12-9-19-30(28)39-33-17-7-5-15-31(33)38(32-16-6-8-18-34(32)39)27-20-22-35-37(24-27)41-36-23-21-26-11-2-4-14-29(26)40(35)36/h1-24H/i20D,22D,24D. The SMILES string of the molecule is [2H]c1c(-c2c3ccccc3c(-c3cccc4ccccc34)c3ccccc23)c([2H])c2oc3ccc4ccccc4c3c2c1[2H]. The molecule has 41 heavy (non-hydrogen) atoms. The van der Waals surface area contributed by atoms with Gasteiger partial charge in [-0.05, 0) is 83.5 Å². The molecule has 8 aromatic carbocycles. The van der Waals surface area contributed by atoms with E-state index in [0.29, 0.717) is 22.1 Å². The van der Waals surface area contributed by atoms with Crippen LogP contribution in [0.2, 0.25) is 0 Å². The van der Waals surface area contributed by atoms with Crippen LogP contribution in [0.5, 0.6) is 0 Å². The van der Waals surface area contributed by atoms with Gasteiger partial charge in [-0.2, -0.15) is 0 Å². The zero-order valence-electron chi connectivity index (χ0n) is 25.0. The second kappa shape index (κ2) is 8.55. The highest BCUT2D eigenvalue weighted by Crippen LogP contribution is 2.46. The molecule has 1 aromatic heterocycles. The second-order valence-corrected chi connectivity index (χ2v) is 10.6. The zero-order chi connectivity index (χ0) is 29.5. The Kier molecular flexibility index (Phi) is 4.09. The first-order valence-electron chi connectivity index (χ1n) is 15.4. The maximum Gasteiger partial charge on any atom is 0.136 e. The van der Waals surface area contributed by atoms with Crippen molar-refractivity contribution in [2.45, 2.75) is 0 Å². The van der Waals surface area contributed by atoms with Gasteiger partial charge in [0, 0.05) is 10.8 Å². The molecule has 0 spiro atoms. The molecular weight excluding hydrogens is 496 g/mol. The second-order valence-electron chi connectivity index (χ2n) is 10.6. The van der Waals surface area contributed by atoms with Crippen LogP contribution in [0.15, 0.2) is 150 Å². The quantitative estimate of drug-likeness (QED) is 0.205. The van der Waals surface area contributed by atoms with Gasteiger partial charge in [-0.15, -0.1) is 0 Å². The van der Waals surface area contributed by atoms with Gasteiger partial charge in [-0.3, -0.25) is 0 Å². The van der Waals surface area contributed by atoms with Gasteiger partial charge in [0.1, 0.15) is 11.2 Å². The van der Waals surface area contributed by atoms with E-state index in [0.717, 1.165) is 54.4 Å². The molecule has 0 aliphatic carbocycles. The largest absolute Gasteiger partial charge is 0.456 e. The smallest absolute Gasteiger partial charge is 0.136 e. The topological polar surface area (TPSA) is 13.1 Å². The van der Waals surface area contributed by atoms with Crippen LogP contribution in [-0.2, 0) is 0 Å². The minimum Gasteiger partial charge on any atom is -0.456 e. The van der Waals surface area contributed by atoms with E-state index in [9.17, 15) is 4.11 Å². The lowest BCUT2D eigenvalue weighted by atomic mass is 9.84. The van der Waals surface area contributed by atoms with Crippen LogP contribution in [0.25, 0.3) is 87.3 Å². The molecule has 0 saturated heterocycles. The molecule has 0 N–H and O–H groups in total. The number of hydrogen-bond donors (Lipinski definition) is 0. The van der Waals surface area contributed by atoms with Crippen molar-refractivity contribution in [3.8, 4) is 22.3 Å². The summed E-state index contributed by atoms with van der Waals surface area (Å²) in [7, 11) is 0. The lowest BCUT2D eigenvalue weighted by Crippen LogP contribution is -1.91. The molecule has 0 bridgehead atoms. The fraction of sp³-hybridized carbons (Fsp3) is 0. The number of hydrogen-bond acceptors (Lipinski definition) is 1. The van der Waals surface area contributed by atoms with Crippen LogP contribution in [0.3, 0.4) is 0 Å². The van der Waals surface area contributed by atoms with Crippen molar-refractivity contribution in [3.05, 3.63) is 146 Å². The summed E-state index contributed by atoms with van der Waals surface area (Å²) in [6.45, 7) is 0. The van der Waals surface area contributed by atoms with Gasteiger partial charge < -0.3 is 4.42 Å². The third-order valence-corrected chi connectivity index (χ3v) is 8.37. The third-order valence-electron chi connectivity index (χ3n) is 8.37. The first kappa shape index (κ1) is 19.6. The molecule has 190 valence electrons. The van der Waals surface area contributed by atoms with Crippen LogP contribution >= 0.6 is 0 Å². The van der Waals surface area contributed by atoms with E-state index in [-0.39, 0.29) is 18.1 Å². The molecular formula is C40H24O. The zero-order valence-corrected chi connectivity index (χ0v) is 22.0. The fourth-order valence-electron chi connectivity index (χ4n) is 6.60. The van der Waals surface area contributed by atoms with Gasteiger partial charge >= 0.3 is 0 Å². The van der Waals surface area contributed by atoms with Crippen molar-refractivity contribution >= 4 is 65.0 Å². The summed E-state index contributed by atoms with van der Waals surface area (Å²) in [5.41, 5.74) is 4.44. The number of benzene rings is 8. The summed E-state index contributed by atoms with van der Waals surface area (Å²) >= 11 is 0. The van der Waals surface area contributed by atoms with Crippen LogP contribution in [0, 0.1) is 0 Å². The number of fused-ring (bicyclic) bond motifs is 8. The van der Waals surface area contributed by atoms with Crippen LogP contribution in [0.1, 0.15) is 4.11 Å². The number of furan rings is 1. The Morgan fingerprint density at radius 3 is 1.68 bits per heavy atom. The van der Waals surface area contributed by atoms with Crippen LogP contribution < -0.4 is 0 Å². The Morgan fingerprint density at radius 2 is 0.976 bits per heavy atom.